The van der Waals surface area contributed by atoms with E-state index in [-0.39, 0.29) is 0 Å². The number of anilines is 1. The molecule has 13 heavy (non-hydrogen) atoms. The standard InChI is InChI=1S/C7H4N4O2/c12-6-9-10-7(13)11(6)5-2-1-3-8-4-5/h1-4H. The molecule has 0 unspecified atom stereocenters. The maximum Gasteiger partial charge on any atom is 0.375 e. The van der Waals surface area contributed by atoms with Crippen molar-refractivity contribution in [2.75, 3.05) is 4.90 Å². The van der Waals surface area contributed by atoms with Crippen LogP contribution in [-0.4, -0.2) is 17.0 Å². The highest BCUT2D eigenvalue weighted by molar-refractivity contribution is 6.17. The summed E-state index contributed by atoms with van der Waals surface area (Å²) in [6.07, 6.45) is 2.94. The Kier molecular flexibility index (Phi) is 1.59. The van der Waals surface area contributed by atoms with Crippen molar-refractivity contribution in [2.45, 2.75) is 0 Å². The lowest BCUT2D eigenvalue weighted by atomic mass is 10.4. The van der Waals surface area contributed by atoms with Crippen LogP contribution in [0.3, 0.4) is 0 Å². The predicted octanol–water partition coefficient (Wildman–Crippen LogP) is 1.59. The maximum absolute atomic E-state index is 11.0. The number of azo groups is 1. The van der Waals surface area contributed by atoms with Gasteiger partial charge in [-0.3, -0.25) is 4.98 Å². The second-order valence-corrected chi connectivity index (χ2v) is 2.31. The van der Waals surface area contributed by atoms with Gasteiger partial charge in [-0.1, -0.05) is 10.2 Å². The molecule has 1 aliphatic rings. The first kappa shape index (κ1) is 7.53. The Morgan fingerprint density at radius 3 is 2.38 bits per heavy atom. The molecule has 0 spiro atoms. The minimum Gasteiger partial charge on any atom is -0.263 e. The van der Waals surface area contributed by atoms with Crippen molar-refractivity contribution in [3.63, 3.8) is 0 Å². The quantitative estimate of drug-likeness (QED) is 0.651. The Bertz CT molecular complexity index is 369. The number of carbonyl (C=O) groups is 2. The molecule has 1 aromatic heterocycles. The van der Waals surface area contributed by atoms with Crippen molar-refractivity contribution >= 4 is 17.7 Å². The summed E-state index contributed by atoms with van der Waals surface area (Å²) in [6.45, 7) is 0. The highest BCUT2D eigenvalue weighted by Crippen LogP contribution is 2.18. The Morgan fingerprint density at radius 1 is 1.15 bits per heavy atom. The number of pyridine rings is 1. The molecule has 0 saturated heterocycles. The molecule has 0 aromatic carbocycles. The molecule has 6 nitrogen and oxygen atoms in total. The van der Waals surface area contributed by atoms with Crippen LogP contribution in [-0.2, 0) is 0 Å². The van der Waals surface area contributed by atoms with Gasteiger partial charge in [-0.15, -0.1) is 0 Å². The van der Waals surface area contributed by atoms with Gasteiger partial charge in [0.1, 0.15) is 0 Å². The number of aromatic nitrogens is 1. The molecule has 6 heteroatoms. The molecule has 1 aromatic rings. The predicted molar refractivity (Wildman–Crippen MR) is 42.4 cm³/mol. The first-order chi connectivity index (χ1) is 6.29. The molecule has 0 bridgehead atoms. The van der Waals surface area contributed by atoms with Gasteiger partial charge in [-0.05, 0) is 12.1 Å². The van der Waals surface area contributed by atoms with Crippen molar-refractivity contribution in [2.24, 2.45) is 10.2 Å². The van der Waals surface area contributed by atoms with Crippen LogP contribution in [0.4, 0.5) is 15.3 Å². The van der Waals surface area contributed by atoms with Crippen LogP contribution >= 0.6 is 0 Å². The summed E-state index contributed by atoms with van der Waals surface area (Å²) in [5, 5.41) is 6.22. The SMILES string of the molecule is O=C1N=NC(=O)N1c1cccnc1. The highest BCUT2D eigenvalue weighted by Gasteiger charge is 2.28. The van der Waals surface area contributed by atoms with Crippen LogP contribution in [0.25, 0.3) is 0 Å². The highest BCUT2D eigenvalue weighted by atomic mass is 16.2. The van der Waals surface area contributed by atoms with Gasteiger partial charge in [0.2, 0.25) is 0 Å². The summed E-state index contributed by atoms with van der Waals surface area (Å²) in [6, 6.07) is 1.84. The van der Waals surface area contributed by atoms with E-state index >= 15 is 0 Å². The van der Waals surface area contributed by atoms with E-state index in [4.69, 9.17) is 0 Å². The number of rotatable bonds is 1. The molecule has 2 rings (SSSR count). The van der Waals surface area contributed by atoms with Gasteiger partial charge in [0.25, 0.3) is 0 Å². The molecular formula is C7H4N4O2. The van der Waals surface area contributed by atoms with Crippen molar-refractivity contribution in [1.82, 2.24) is 4.98 Å². The average molecular weight is 176 g/mol. The van der Waals surface area contributed by atoms with Gasteiger partial charge >= 0.3 is 12.1 Å². The lowest BCUT2D eigenvalue weighted by Gasteiger charge is -2.08. The zero-order valence-corrected chi connectivity index (χ0v) is 6.41. The van der Waals surface area contributed by atoms with Crippen LogP contribution in [0.5, 0.6) is 0 Å². The largest absolute Gasteiger partial charge is 0.375 e. The number of carbonyl (C=O) groups excluding carboxylic acids is 2. The fourth-order valence-corrected chi connectivity index (χ4v) is 0.964. The fourth-order valence-electron chi connectivity index (χ4n) is 0.964. The van der Waals surface area contributed by atoms with Crippen LogP contribution < -0.4 is 4.90 Å². The summed E-state index contributed by atoms with van der Waals surface area (Å²) in [4.78, 5) is 26.6. The Hall–Kier alpha value is -2.11. The molecule has 4 amide bonds. The van der Waals surface area contributed by atoms with Crippen LogP contribution in [0.2, 0.25) is 0 Å². The molecule has 2 heterocycles. The number of imide groups is 1. The number of amides is 4. The van der Waals surface area contributed by atoms with E-state index in [2.05, 4.69) is 15.2 Å². The lowest BCUT2D eigenvalue weighted by molar-refractivity contribution is 0.249. The van der Waals surface area contributed by atoms with Crippen LogP contribution in [0, 0.1) is 0 Å². The fraction of sp³-hybridized carbons (Fsp3) is 0. The average Bonchev–Trinajstić information content (AvgIpc) is 2.48. The minimum absolute atomic E-state index is 0.377. The smallest absolute Gasteiger partial charge is 0.263 e. The molecule has 0 saturated carbocycles. The van der Waals surface area contributed by atoms with E-state index in [1.807, 2.05) is 0 Å². The first-order valence-electron chi connectivity index (χ1n) is 3.49. The number of urea groups is 2. The van der Waals surface area contributed by atoms with Gasteiger partial charge in [-0.2, -0.15) is 0 Å². The summed E-state index contributed by atoms with van der Waals surface area (Å²) in [7, 11) is 0. The maximum atomic E-state index is 11.0. The van der Waals surface area contributed by atoms with Gasteiger partial charge < -0.3 is 0 Å². The van der Waals surface area contributed by atoms with Gasteiger partial charge in [0.05, 0.1) is 11.9 Å². The van der Waals surface area contributed by atoms with E-state index < -0.39 is 12.1 Å². The lowest BCUT2D eigenvalue weighted by Crippen LogP contribution is -2.27. The van der Waals surface area contributed by atoms with E-state index in [1.165, 1.54) is 6.20 Å². The minimum atomic E-state index is -0.682. The first-order valence-corrected chi connectivity index (χ1v) is 3.49. The molecular weight excluding hydrogens is 172 g/mol. The molecule has 0 N–H and O–H groups in total. The van der Waals surface area contributed by atoms with E-state index in [1.54, 1.807) is 18.3 Å². The number of hydrogen-bond acceptors (Lipinski definition) is 3. The van der Waals surface area contributed by atoms with Crippen molar-refractivity contribution < 1.29 is 9.59 Å². The number of nitrogens with zero attached hydrogens (tertiary/aromatic N) is 4. The normalized spacial score (nSPS) is 15.5. The van der Waals surface area contributed by atoms with Crippen molar-refractivity contribution in [3.05, 3.63) is 24.5 Å². The van der Waals surface area contributed by atoms with Crippen LogP contribution in [0.15, 0.2) is 34.8 Å². The third-order valence-electron chi connectivity index (χ3n) is 1.51. The van der Waals surface area contributed by atoms with Gasteiger partial charge in [0.15, 0.2) is 0 Å². The van der Waals surface area contributed by atoms with E-state index in [0.717, 1.165) is 4.90 Å². The zero-order chi connectivity index (χ0) is 9.26. The number of hydrogen-bond donors (Lipinski definition) is 0. The molecule has 0 fully saturated rings. The van der Waals surface area contributed by atoms with Crippen molar-refractivity contribution in [3.8, 4) is 0 Å². The third kappa shape index (κ3) is 1.18. The second kappa shape index (κ2) is 2.74. The molecule has 0 aliphatic carbocycles. The summed E-state index contributed by atoms with van der Waals surface area (Å²) in [5.41, 5.74) is 0.377. The topological polar surface area (TPSA) is 75.0 Å². The van der Waals surface area contributed by atoms with E-state index in [0.29, 0.717) is 5.69 Å². The molecule has 1 aliphatic heterocycles. The van der Waals surface area contributed by atoms with Crippen molar-refractivity contribution in [1.29, 1.82) is 0 Å². The Morgan fingerprint density at radius 2 is 1.85 bits per heavy atom. The summed E-state index contributed by atoms with van der Waals surface area (Å²) in [5.74, 6) is 0. The Balaban J connectivity index is 2.38. The second-order valence-electron chi connectivity index (χ2n) is 2.31. The summed E-state index contributed by atoms with van der Waals surface area (Å²) < 4.78 is 0. The summed E-state index contributed by atoms with van der Waals surface area (Å²) >= 11 is 0. The molecule has 64 valence electrons. The zero-order valence-electron chi connectivity index (χ0n) is 6.41. The van der Waals surface area contributed by atoms with E-state index in [9.17, 15) is 9.59 Å². The molecule has 0 radical (unpaired) electrons. The molecule has 0 atom stereocenters. The van der Waals surface area contributed by atoms with Gasteiger partial charge in [0, 0.05) is 6.20 Å². The van der Waals surface area contributed by atoms with Gasteiger partial charge in [-0.25, -0.2) is 14.5 Å². The monoisotopic (exact) mass is 176 g/mol. The Labute approximate surface area is 72.9 Å². The van der Waals surface area contributed by atoms with Crippen LogP contribution in [0.1, 0.15) is 0 Å². The third-order valence-corrected chi connectivity index (χ3v) is 1.51.